The molecule has 3 aliphatic rings. The maximum Gasteiger partial charge on any atom is 0.266 e. The fourth-order valence-corrected chi connectivity index (χ4v) is 4.16. The molecule has 1 saturated heterocycles. The van der Waals surface area contributed by atoms with Crippen molar-refractivity contribution in [2.75, 3.05) is 6.54 Å². The average molecular weight is 381 g/mol. The fraction of sp³-hybridized carbons (Fsp3) is 0.450. The molecule has 4 rings (SSSR count). The molecule has 146 valence electrons. The molecule has 0 aromatic carbocycles. The van der Waals surface area contributed by atoms with Gasteiger partial charge in [-0.05, 0) is 31.1 Å². The van der Waals surface area contributed by atoms with Crippen molar-refractivity contribution in [2.45, 2.75) is 51.1 Å². The number of pyridine rings is 1. The molecule has 0 N–H and O–H groups in total. The van der Waals surface area contributed by atoms with E-state index >= 15 is 0 Å². The van der Waals surface area contributed by atoms with Crippen LogP contribution in [0.1, 0.15) is 50.8 Å². The Morgan fingerprint density at radius 3 is 2.68 bits per heavy atom. The Kier molecular flexibility index (Phi) is 4.93. The maximum absolute atomic E-state index is 12.6. The summed E-state index contributed by atoms with van der Waals surface area (Å²) in [6, 6.07) is 5.29. The molecule has 1 atom stereocenters. The average Bonchev–Trinajstić information content (AvgIpc) is 3.03. The molecule has 0 radical (unpaired) electrons. The second kappa shape index (κ2) is 7.53. The number of amides is 1. The summed E-state index contributed by atoms with van der Waals surface area (Å²) in [6.07, 6.45) is 10.3. The topological polar surface area (TPSA) is 91.9 Å². The van der Waals surface area contributed by atoms with Crippen LogP contribution in [0.4, 0.5) is 0 Å². The molecule has 3 heterocycles. The van der Waals surface area contributed by atoms with E-state index in [4.69, 9.17) is 4.99 Å². The highest BCUT2D eigenvalue weighted by atomic mass is 16.6. The van der Waals surface area contributed by atoms with Crippen LogP contribution in [0, 0.1) is 10.1 Å². The van der Waals surface area contributed by atoms with Crippen LogP contribution in [0.25, 0.3) is 0 Å². The number of aliphatic imine (C=N–C) groups is 1. The van der Waals surface area contributed by atoms with E-state index in [1.165, 1.54) is 19.4 Å². The summed E-state index contributed by atoms with van der Waals surface area (Å²) in [7, 11) is 0. The Labute approximate surface area is 163 Å². The zero-order valence-corrected chi connectivity index (χ0v) is 15.8. The zero-order chi connectivity index (χ0) is 19.7. The van der Waals surface area contributed by atoms with E-state index in [1.54, 1.807) is 17.2 Å². The van der Waals surface area contributed by atoms with Crippen LogP contribution in [-0.2, 0) is 4.79 Å². The summed E-state index contributed by atoms with van der Waals surface area (Å²) in [5.41, 5.74) is 0.801. The van der Waals surface area contributed by atoms with Gasteiger partial charge in [-0.3, -0.25) is 29.8 Å². The number of hydrogen-bond donors (Lipinski definition) is 0. The first-order valence-corrected chi connectivity index (χ1v) is 9.67. The second-order valence-electron chi connectivity index (χ2n) is 7.35. The minimum atomic E-state index is -0.466. The Balaban J connectivity index is 1.82. The number of amidine groups is 1. The molecule has 2 fully saturated rings. The van der Waals surface area contributed by atoms with Crippen LogP contribution in [0.2, 0.25) is 0 Å². The van der Waals surface area contributed by atoms with E-state index in [9.17, 15) is 14.9 Å². The summed E-state index contributed by atoms with van der Waals surface area (Å²) < 4.78 is 0. The molecule has 2 aliphatic heterocycles. The van der Waals surface area contributed by atoms with Gasteiger partial charge in [0.2, 0.25) is 5.91 Å². The number of aromatic nitrogens is 1. The second-order valence-corrected chi connectivity index (χ2v) is 7.35. The molecule has 8 heteroatoms. The van der Waals surface area contributed by atoms with Gasteiger partial charge < -0.3 is 4.90 Å². The molecular formula is C20H23N5O3. The van der Waals surface area contributed by atoms with Crippen LogP contribution < -0.4 is 0 Å². The molecule has 1 amide bonds. The summed E-state index contributed by atoms with van der Waals surface area (Å²) in [5.74, 6) is 1.17. The van der Waals surface area contributed by atoms with Gasteiger partial charge in [-0.2, -0.15) is 0 Å². The van der Waals surface area contributed by atoms with Crippen molar-refractivity contribution in [3.05, 3.63) is 63.9 Å². The lowest BCUT2D eigenvalue weighted by molar-refractivity contribution is -0.427. The molecule has 8 nitrogen and oxygen atoms in total. The fourth-order valence-electron chi connectivity index (χ4n) is 4.16. The Morgan fingerprint density at radius 2 is 2.04 bits per heavy atom. The van der Waals surface area contributed by atoms with Crippen LogP contribution >= 0.6 is 0 Å². The Morgan fingerprint density at radius 1 is 1.25 bits per heavy atom. The highest BCUT2D eigenvalue weighted by molar-refractivity contribution is 5.98. The minimum absolute atomic E-state index is 0.0882. The highest BCUT2D eigenvalue weighted by Gasteiger charge is 2.46. The largest absolute Gasteiger partial charge is 0.303 e. The summed E-state index contributed by atoms with van der Waals surface area (Å²) in [5, 5.41) is 11.4. The molecular weight excluding hydrogens is 358 g/mol. The summed E-state index contributed by atoms with van der Waals surface area (Å²) >= 11 is 0. The first-order valence-electron chi connectivity index (χ1n) is 9.67. The normalized spacial score (nSPS) is 24.0. The van der Waals surface area contributed by atoms with Gasteiger partial charge in [-0.25, -0.2) is 0 Å². The number of carbonyl (C=O) groups is 1. The maximum atomic E-state index is 12.6. The van der Waals surface area contributed by atoms with Gasteiger partial charge in [0.15, 0.2) is 0 Å². The molecule has 1 aliphatic carbocycles. The number of allylic oxidation sites excluding steroid dienone is 2. The predicted octanol–water partition coefficient (Wildman–Crippen LogP) is 3.03. The van der Waals surface area contributed by atoms with E-state index in [1.807, 2.05) is 23.1 Å². The number of rotatable bonds is 3. The van der Waals surface area contributed by atoms with E-state index in [2.05, 4.69) is 4.98 Å². The molecule has 1 aromatic rings. The third-order valence-electron chi connectivity index (χ3n) is 5.48. The van der Waals surface area contributed by atoms with E-state index in [0.29, 0.717) is 17.4 Å². The number of hydrogen-bond acceptors (Lipinski definition) is 5. The first kappa shape index (κ1) is 18.3. The van der Waals surface area contributed by atoms with Gasteiger partial charge in [-0.1, -0.05) is 25.3 Å². The van der Waals surface area contributed by atoms with Crippen LogP contribution in [-0.4, -0.2) is 44.0 Å². The SMILES string of the molecule is CC(=O)N1C2=CC=C([N+](=O)[O-])CN2C(=NC2CCCCC2)C1c1ccccn1. The summed E-state index contributed by atoms with van der Waals surface area (Å²) in [6.45, 7) is 1.60. The lowest BCUT2D eigenvalue weighted by Gasteiger charge is -2.24. The predicted molar refractivity (Wildman–Crippen MR) is 104 cm³/mol. The molecule has 28 heavy (non-hydrogen) atoms. The van der Waals surface area contributed by atoms with Crippen molar-refractivity contribution in [1.29, 1.82) is 0 Å². The number of carbonyl (C=O) groups excluding carboxylic acids is 1. The van der Waals surface area contributed by atoms with Crippen LogP contribution in [0.15, 0.2) is 53.1 Å². The van der Waals surface area contributed by atoms with E-state index < -0.39 is 6.04 Å². The van der Waals surface area contributed by atoms with Crippen molar-refractivity contribution in [1.82, 2.24) is 14.8 Å². The third kappa shape index (κ3) is 3.30. The van der Waals surface area contributed by atoms with E-state index in [-0.39, 0.29) is 29.1 Å². The van der Waals surface area contributed by atoms with Crippen molar-refractivity contribution < 1.29 is 9.72 Å². The molecule has 0 spiro atoms. The lowest BCUT2D eigenvalue weighted by atomic mass is 9.96. The van der Waals surface area contributed by atoms with Gasteiger partial charge >= 0.3 is 0 Å². The zero-order valence-electron chi connectivity index (χ0n) is 15.8. The first-order chi connectivity index (χ1) is 13.6. The van der Waals surface area contributed by atoms with Gasteiger partial charge in [0, 0.05) is 19.2 Å². The Bertz CT molecular complexity index is 871. The number of fused-ring (bicyclic) bond motifs is 1. The van der Waals surface area contributed by atoms with Crippen LogP contribution in [0.5, 0.6) is 0 Å². The molecule has 0 bridgehead atoms. The van der Waals surface area contributed by atoms with Crippen molar-refractivity contribution >= 4 is 11.7 Å². The van der Waals surface area contributed by atoms with Crippen molar-refractivity contribution in [3.8, 4) is 0 Å². The number of nitrogens with zero attached hydrogens (tertiary/aromatic N) is 5. The van der Waals surface area contributed by atoms with Gasteiger partial charge in [-0.15, -0.1) is 0 Å². The Hall–Kier alpha value is -3.03. The number of nitro groups is 1. The smallest absolute Gasteiger partial charge is 0.266 e. The van der Waals surface area contributed by atoms with Gasteiger partial charge in [0.25, 0.3) is 5.70 Å². The molecule has 1 saturated carbocycles. The highest BCUT2D eigenvalue weighted by Crippen LogP contribution is 2.39. The van der Waals surface area contributed by atoms with E-state index in [0.717, 1.165) is 25.7 Å². The molecule has 1 aromatic heterocycles. The van der Waals surface area contributed by atoms with Crippen LogP contribution in [0.3, 0.4) is 0 Å². The lowest BCUT2D eigenvalue weighted by Crippen LogP contribution is -2.33. The van der Waals surface area contributed by atoms with Gasteiger partial charge in [0.05, 0.1) is 16.7 Å². The summed E-state index contributed by atoms with van der Waals surface area (Å²) in [4.78, 5) is 36.5. The molecule has 1 unspecified atom stereocenters. The monoisotopic (exact) mass is 381 g/mol. The van der Waals surface area contributed by atoms with Crippen molar-refractivity contribution in [2.24, 2.45) is 4.99 Å². The standard InChI is InChI=1S/C20H23N5O3/c1-14(26)24-18-11-10-16(25(27)28)13-23(18)20(22-15-7-3-2-4-8-15)19(24)17-9-5-6-12-21-17/h5-6,9-12,15,19H,2-4,7-8,13H2,1H3. The van der Waals surface area contributed by atoms with Gasteiger partial charge in [0.1, 0.15) is 24.2 Å². The third-order valence-corrected chi connectivity index (χ3v) is 5.48. The minimum Gasteiger partial charge on any atom is -0.303 e. The quantitative estimate of drug-likeness (QED) is 0.593. The van der Waals surface area contributed by atoms with Crippen molar-refractivity contribution in [3.63, 3.8) is 0 Å².